The smallest absolute Gasteiger partial charge is 0.315 e. The molecule has 1 aromatic heterocycles. The Balaban J connectivity index is 1.38. The third-order valence-electron chi connectivity index (χ3n) is 4.88. The van der Waals surface area contributed by atoms with Gasteiger partial charge in [0.05, 0.1) is 6.10 Å². The van der Waals surface area contributed by atoms with Crippen molar-refractivity contribution in [2.75, 3.05) is 6.54 Å². The minimum absolute atomic E-state index is 0.152. The first-order valence-electron chi connectivity index (χ1n) is 9.94. The van der Waals surface area contributed by atoms with Gasteiger partial charge in [0.25, 0.3) is 0 Å². The molecule has 1 aromatic carbocycles. The number of amides is 2. The number of hydrogen-bond acceptors (Lipinski definition) is 3. The summed E-state index contributed by atoms with van der Waals surface area (Å²) in [4.78, 5) is 12.0. The van der Waals surface area contributed by atoms with Crippen LogP contribution in [0, 0.1) is 5.92 Å². The predicted molar refractivity (Wildman–Crippen MR) is 106 cm³/mol. The second-order valence-electron chi connectivity index (χ2n) is 7.42. The summed E-state index contributed by atoms with van der Waals surface area (Å²) in [5, 5.41) is 10.0. The van der Waals surface area contributed by atoms with Gasteiger partial charge in [0.15, 0.2) is 0 Å². The van der Waals surface area contributed by atoms with E-state index >= 15 is 0 Å². The molecule has 3 rings (SSSR count). The van der Waals surface area contributed by atoms with Crippen LogP contribution in [0.25, 0.3) is 0 Å². The van der Waals surface area contributed by atoms with E-state index < -0.39 is 0 Å². The van der Waals surface area contributed by atoms with Crippen LogP contribution >= 0.6 is 0 Å². The summed E-state index contributed by atoms with van der Waals surface area (Å²) in [6.45, 7) is 3.97. The normalized spacial score (nSPS) is 15.9. The monoisotopic (exact) mass is 370 g/mol. The van der Waals surface area contributed by atoms with Crippen LogP contribution in [0.3, 0.4) is 0 Å². The van der Waals surface area contributed by atoms with Crippen LogP contribution in [0.2, 0.25) is 0 Å². The Kier molecular flexibility index (Phi) is 7.13. The van der Waals surface area contributed by atoms with Crippen molar-refractivity contribution in [1.29, 1.82) is 0 Å². The lowest BCUT2D eigenvalue weighted by Crippen LogP contribution is -2.38. The summed E-state index contributed by atoms with van der Waals surface area (Å²) < 4.78 is 7.97. The van der Waals surface area contributed by atoms with Crippen molar-refractivity contribution in [1.82, 2.24) is 20.4 Å². The summed E-state index contributed by atoms with van der Waals surface area (Å²) in [6, 6.07) is 9.76. The topological polar surface area (TPSA) is 68.2 Å². The van der Waals surface area contributed by atoms with Gasteiger partial charge in [-0.05, 0) is 55.4 Å². The van der Waals surface area contributed by atoms with E-state index in [0.717, 1.165) is 30.7 Å². The minimum Gasteiger partial charge on any atom is -0.490 e. The Morgan fingerprint density at radius 3 is 2.89 bits per heavy atom. The molecule has 0 saturated heterocycles. The summed E-state index contributed by atoms with van der Waals surface area (Å²) in [5.41, 5.74) is 1.04. The summed E-state index contributed by atoms with van der Waals surface area (Å²) in [6.07, 6.45) is 10.1. The molecule has 2 N–H and O–H groups in total. The molecule has 2 amide bonds. The number of nitrogens with one attached hydrogen (secondary N) is 2. The van der Waals surface area contributed by atoms with Gasteiger partial charge in [-0.3, -0.25) is 4.68 Å². The van der Waals surface area contributed by atoms with E-state index in [1.165, 1.54) is 19.3 Å². The third kappa shape index (κ3) is 6.62. The third-order valence-corrected chi connectivity index (χ3v) is 4.88. The lowest BCUT2D eigenvalue weighted by Gasteiger charge is -2.23. The van der Waals surface area contributed by atoms with Crippen molar-refractivity contribution < 1.29 is 9.53 Å². The molecule has 0 radical (unpaired) electrons. The number of nitrogens with zero attached hydrogens (tertiary/aromatic N) is 2. The number of hydrogen-bond donors (Lipinski definition) is 2. The molecular formula is C21H30N4O2. The van der Waals surface area contributed by atoms with E-state index in [1.807, 2.05) is 41.2 Å². The van der Waals surface area contributed by atoms with Crippen molar-refractivity contribution in [2.45, 2.75) is 58.2 Å². The van der Waals surface area contributed by atoms with Gasteiger partial charge in [0, 0.05) is 32.0 Å². The van der Waals surface area contributed by atoms with Gasteiger partial charge in [0.2, 0.25) is 0 Å². The fraction of sp³-hybridized carbons (Fsp3) is 0.524. The molecule has 1 unspecified atom stereocenters. The van der Waals surface area contributed by atoms with Gasteiger partial charge >= 0.3 is 6.03 Å². The first-order valence-corrected chi connectivity index (χ1v) is 9.94. The zero-order chi connectivity index (χ0) is 18.9. The lowest BCUT2D eigenvalue weighted by atomic mass is 9.98. The molecule has 1 fully saturated rings. The fourth-order valence-corrected chi connectivity index (χ4v) is 3.41. The van der Waals surface area contributed by atoms with Gasteiger partial charge in [-0.15, -0.1) is 0 Å². The molecule has 1 aliphatic rings. The van der Waals surface area contributed by atoms with E-state index in [0.29, 0.717) is 25.1 Å². The minimum atomic E-state index is -0.152. The average molecular weight is 370 g/mol. The predicted octanol–water partition coefficient (Wildman–Crippen LogP) is 3.73. The standard InChI is InChI=1S/C21H30N4O2/c1-17(16-25-12-6-11-24-25)14-22-21(26)23-15-18-7-5-10-20(13-18)27-19-8-3-2-4-9-19/h5-7,10-13,17,19H,2-4,8-9,14-16H2,1H3,(H2,22,23,26). The number of carbonyl (C=O) groups is 1. The van der Waals surface area contributed by atoms with Gasteiger partial charge in [-0.1, -0.05) is 25.5 Å². The SMILES string of the molecule is CC(CNC(=O)NCc1cccc(OC2CCCCC2)c1)Cn1cccn1. The highest BCUT2D eigenvalue weighted by Gasteiger charge is 2.15. The summed E-state index contributed by atoms with van der Waals surface area (Å²) >= 11 is 0. The van der Waals surface area contributed by atoms with Gasteiger partial charge in [-0.25, -0.2) is 4.79 Å². The van der Waals surface area contributed by atoms with Crippen LogP contribution in [0.15, 0.2) is 42.7 Å². The number of urea groups is 1. The largest absolute Gasteiger partial charge is 0.490 e. The Hall–Kier alpha value is -2.50. The molecule has 2 aromatic rings. The molecule has 6 heteroatoms. The van der Waals surface area contributed by atoms with Gasteiger partial charge < -0.3 is 15.4 Å². The molecule has 0 bridgehead atoms. The molecule has 0 aliphatic heterocycles. The molecule has 146 valence electrons. The Labute approximate surface area is 161 Å². The maximum atomic E-state index is 12.0. The molecule has 6 nitrogen and oxygen atoms in total. The number of rotatable bonds is 8. The second-order valence-corrected chi connectivity index (χ2v) is 7.42. The first-order chi connectivity index (χ1) is 13.2. The highest BCUT2D eigenvalue weighted by atomic mass is 16.5. The fourth-order valence-electron chi connectivity index (χ4n) is 3.41. The van der Waals surface area contributed by atoms with Crippen LogP contribution in [0.5, 0.6) is 5.75 Å². The van der Waals surface area contributed by atoms with Crippen LogP contribution in [0.1, 0.15) is 44.6 Å². The molecule has 1 atom stereocenters. The lowest BCUT2D eigenvalue weighted by molar-refractivity contribution is 0.155. The average Bonchev–Trinajstić information content (AvgIpc) is 3.19. The van der Waals surface area contributed by atoms with Gasteiger partial charge in [-0.2, -0.15) is 5.10 Å². The molecule has 1 heterocycles. The Morgan fingerprint density at radius 1 is 1.26 bits per heavy atom. The van der Waals surface area contributed by atoms with E-state index in [-0.39, 0.29) is 6.03 Å². The Morgan fingerprint density at radius 2 is 2.11 bits per heavy atom. The zero-order valence-corrected chi connectivity index (χ0v) is 16.1. The summed E-state index contributed by atoms with van der Waals surface area (Å²) in [7, 11) is 0. The highest BCUT2D eigenvalue weighted by Crippen LogP contribution is 2.23. The van der Waals surface area contributed by atoms with Crippen LogP contribution in [-0.4, -0.2) is 28.5 Å². The second kappa shape index (κ2) is 10.00. The zero-order valence-electron chi connectivity index (χ0n) is 16.1. The maximum Gasteiger partial charge on any atom is 0.315 e. The van der Waals surface area contributed by atoms with Crippen molar-refractivity contribution >= 4 is 6.03 Å². The quantitative estimate of drug-likeness (QED) is 0.744. The van der Waals surface area contributed by atoms with Crippen molar-refractivity contribution in [3.05, 3.63) is 48.3 Å². The van der Waals surface area contributed by atoms with E-state index in [9.17, 15) is 4.79 Å². The Bertz CT molecular complexity index is 696. The molecule has 1 aliphatic carbocycles. The molecule has 0 spiro atoms. The number of ether oxygens (including phenoxy) is 1. The summed E-state index contributed by atoms with van der Waals surface area (Å²) in [5.74, 6) is 1.21. The van der Waals surface area contributed by atoms with Crippen molar-refractivity contribution in [2.24, 2.45) is 5.92 Å². The number of benzene rings is 1. The first kappa shape index (κ1) is 19.3. The van der Waals surface area contributed by atoms with Crippen molar-refractivity contribution in [3.63, 3.8) is 0 Å². The van der Waals surface area contributed by atoms with Gasteiger partial charge in [0.1, 0.15) is 5.75 Å². The maximum absolute atomic E-state index is 12.0. The van der Waals surface area contributed by atoms with Crippen LogP contribution in [-0.2, 0) is 13.1 Å². The molecular weight excluding hydrogens is 340 g/mol. The van der Waals surface area contributed by atoms with E-state index in [2.05, 4.69) is 22.7 Å². The number of aromatic nitrogens is 2. The molecule has 27 heavy (non-hydrogen) atoms. The van der Waals surface area contributed by atoms with Crippen LogP contribution in [0.4, 0.5) is 4.79 Å². The molecule has 1 saturated carbocycles. The van der Waals surface area contributed by atoms with Crippen molar-refractivity contribution in [3.8, 4) is 5.75 Å². The van der Waals surface area contributed by atoms with E-state index in [4.69, 9.17) is 4.74 Å². The number of carbonyl (C=O) groups excluding carboxylic acids is 1. The van der Waals surface area contributed by atoms with Crippen LogP contribution < -0.4 is 15.4 Å². The highest BCUT2D eigenvalue weighted by molar-refractivity contribution is 5.73. The van der Waals surface area contributed by atoms with E-state index in [1.54, 1.807) is 6.20 Å².